The number of ether oxygens (including phenoxy) is 3. The van der Waals surface area contributed by atoms with Crippen molar-refractivity contribution in [3.63, 3.8) is 0 Å². The summed E-state index contributed by atoms with van der Waals surface area (Å²) in [5.74, 6) is 2.06. The van der Waals surface area contributed by atoms with Crippen molar-refractivity contribution in [3.05, 3.63) is 35.7 Å². The lowest BCUT2D eigenvalue weighted by Crippen LogP contribution is -2.01. The summed E-state index contributed by atoms with van der Waals surface area (Å²) in [6, 6.07) is 5.60. The van der Waals surface area contributed by atoms with E-state index in [0.717, 1.165) is 11.3 Å². The van der Waals surface area contributed by atoms with Crippen molar-refractivity contribution >= 4 is 5.95 Å². The highest BCUT2D eigenvalue weighted by Gasteiger charge is 2.13. The maximum atomic E-state index is 5.58. The third-order valence-electron chi connectivity index (χ3n) is 2.84. The molecule has 0 radical (unpaired) electrons. The fourth-order valence-corrected chi connectivity index (χ4v) is 1.96. The molecule has 0 spiro atoms. The molecule has 0 aliphatic heterocycles. The van der Waals surface area contributed by atoms with Crippen LogP contribution in [-0.2, 0) is 6.42 Å². The minimum Gasteiger partial charge on any atom is -0.493 e. The number of rotatable bonds is 5. The van der Waals surface area contributed by atoms with Gasteiger partial charge in [0.2, 0.25) is 11.7 Å². The van der Waals surface area contributed by atoms with Gasteiger partial charge < -0.3 is 19.9 Å². The third-order valence-corrected chi connectivity index (χ3v) is 2.84. The van der Waals surface area contributed by atoms with E-state index in [1.54, 1.807) is 27.5 Å². The SMILES string of the molecule is COc1cc(Cc2ccnc(N)n2)cc(OC)c1OC. The van der Waals surface area contributed by atoms with Crippen molar-refractivity contribution < 1.29 is 14.2 Å². The highest BCUT2D eigenvalue weighted by atomic mass is 16.5. The van der Waals surface area contributed by atoms with E-state index >= 15 is 0 Å². The molecule has 2 N–H and O–H groups in total. The molecule has 1 aromatic carbocycles. The van der Waals surface area contributed by atoms with Gasteiger partial charge in [-0.2, -0.15) is 0 Å². The first-order valence-electron chi connectivity index (χ1n) is 6.04. The molecule has 1 heterocycles. The zero-order valence-corrected chi connectivity index (χ0v) is 11.7. The monoisotopic (exact) mass is 275 g/mol. The molecule has 0 saturated heterocycles. The number of hydrogen-bond donors (Lipinski definition) is 1. The Morgan fingerprint density at radius 3 is 2.20 bits per heavy atom. The maximum absolute atomic E-state index is 5.58. The molecule has 0 saturated carbocycles. The molecule has 20 heavy (non-hydrogen) atoms. The molecule has 6 nitrogen and oxygen atoms in total. The number of benzene rings is 1. The summed E-state index contributed by atoms with van der Waals surface area (Å²) in [5.41, 5.74) is 7.39. The number of methoxy groups -OCH3 is 3. The summed E-state index contributed by atoms with van der Waals surface area (Å²) in [7, 11) is 4.75. The zero-order chi connectivity index (χ0) is 14.5. The quantitative estimate of drug-likeness (QED) is 0.894. The van der Waals surface area contributed by atoms with Crippen LogP contribution in [0.25, 0.3) is 0 Å². The van der Waals surface area contributed by atoms with Gasteiger partial charge in [-0.25, -0.2) is 9.97 Å². The molecule has 0 aliphatic rings. The molecule has 0 fully saturated rings. The number of nitrogen functional groups attached to an aromatic ring is 1. The molecule has 0 unspecified atom stereocenters. The van der Waals surface area contributed by atoms with E-state index in [1.807, 2.05) is 18.2 Å². The van der Waals surface area contributed by atoms with Crippen LogP contribution < -0.4 is 19.9 Å². The smallest absolute Gasteiger partial charge is 0.220 e. The Hall–Kier alpha value is -2.50. The predicted octanol–water partition coefficient (Wildman–Crippen LogP) is 1.68. The van der Waals surface area contributed by atoms with E-state index in [2.05, 4.69) is 9.97 Å². The molecule has 0 atom stereocenters. The number of hydrogen-bond acceptors (Lipinski definition) is 6. The van der Waals surface area contributed by atoms with Gasteiger partial charge in [-0.3, -0.25) is 0 Å². The second-order valence-electron chi connectivity index (χ2n) is 4.12. The van der Waals surface area contributed by atoms with E-state index in [9.17, 15) is 0 Å². The molecule has 6 heteroatoms. The lowest BCUT2D eigenvalue weighted by Gasteiger charge is -2.14. The van der Waals surface area contributed by atoms with Crippen LogP contribution >= 0.6 is 0 Å². The number of nitrogens with two attached hydrogens (primary N) is 1. The van der Waals surface area contributed by atoms with Crippen molar-refractivity contribution in [3.8, 4) is 17.2 Å². The predicted molar refractivity (Wildman–Crippen MR) is 75.3 cm³/mol. The molecule has 0 amide bonds. The van der Waals surface area contributed by atoms with Gasteiger partial charge in [-0.15, -0.1) is 0 Å². The summed E-state index contributed by atoms with van der Waals surface area (Å²) >= 11 is 0. The Morgan fingerprint density at radius 1 is 1.05 bits per heavy atom. The van der Waals surface area contributed by atoms with Gasteiger partial charge in [0.15, 0.2) is 11.5 Å². The van der Waals surface area contributed by atoms with E-state index in [4.69, 9.17) is 19.9 Å². The molecule has 1 aromatic heterocycles. The van der Waals surface area contributed by atoms with Crippen LogP contribution in [0.1, 0.15) is 11.3 Å². The van der Waals surface area contributed by atoms with Crippen molar-refractivity contribution in [2.24, 2.45) is 0 Å². The summed E-state index contributed by atoms with van der Waals surface area (Å²) in [6.45, 7) is 0. The second kappa shape index (κ2) is 6.10. The fraction of sp³-hybridized carbons (Fsp3) is 0.286. The van der Waals surface area contributed by atoms with Crippen molar-refractivity contribution in [2.45, 2.75) is 6.42 Å². The molecule has 0 bridgehead atoms. The van der Waals surface area contributed by atoms with E-state index in [1.165, 1.54) is 0 Å². The standard InChI is InChI=1S/C14H17N3O3/c1-18-11-7-9(8-12(19-2)13(11)20-3)6-10-4-5-16-14(15)17-10/h4-5,7-8H,6H2,1-3H3,(H2,15,16,17). The molecular formula is C14H17N3O3. The van der Waals surface area contributed by atoms with Crippen molar-refractivity contribution in [1.82, 2.24) is 9.97 Å². The van der Waals surface area contributed by atoms with Gasteiger partial charge in [0.25, 0.3) is 0 Å². The maximum Gasteiger partial charge on any atom is 0.220 e. The van der Waals surface area contributed by atoms with Gasteiger partial charge in [0.1, 0.15) is 0 Å². The Morgan fingerprint density at radius 2 is 1.70 bits per heavy atom. The largest absolute Gasteiger partial charge is 0.493 e. The van der Waals surface area contributed by atoms with Gasteiger partial charge >= 0.3 is 0 Å². The zero-order valence-electron chi connectivity index (χ0n) is 11.7. The molecule has 0 aliphatic carbocycles. The molecule has 2 aromatic rings. The normalized spacial score (nSPS) is 10.2. The average molecular weight is 275 g/mol. The minimum absolute atomic E-state index is 0.259. The van der Waals surface area contributed by atoms with Crippen LogP contribution in [0.15, 0.2) is 24.4 Å². The minimum atomic E-state index is 0.259. The lowest BCUT2D eigenvalue weighted by molar-refractivity contribution is 0.324. The Kier molecular flexibility index (Phi) is 4.24. The Balaban J connectivity index is 2.37. The topological polar surface area (TPSA) is 79.5 Å². The first-order chi connectivity index (χ1) is 9.67. The van der Waals surface area contributed by atoms with E-state index < -0.39 is 0 Å². The van der Waals surface area contributed by atoms with Crippen molar-refractivity contribution in [1.29, 1.82) is 0 Å². The van der Waals surface area contributed by atoms with Crippen LogP contribution in [0.4, 0.5) is 5.95 Å². The van der Waals surface area contributed by atoms with Crippen molar-refractivity contribution in [2.75, 3.05) is 27.1 Å². The summed E-state index contributed by atoms with van der Waals surface area (Å²) in [4.78, 5) is 8.05. The Bertz CT molecular complexity index is 577. The number of nitrogens with zero attached hydrogens (tertiary/aromatic N) is 2. The summed E-state index contributed by atoms with van der Waals surface area (Å²) in [6.07, 6.45) is 2.24. The lowest BCUT2D eigenvalue weighted by atomic mass is 10.1. The van der Waals surface area contributed by atoms with E-state index in [-0.39, 0.29) is 5.95 Å². The van der Waals surface area contributed by atoms with Gasteiger partial charge in [0.05, 0.1) is 27.0 Å². The first kappa shape index (κ1) is 13.9. The van der Waals surface area contributed by atoms with Gasteiger partial charge in [0, 0.05) is 12.6 Å². The number of anilines is 1. The molecular weight excluding hydrogens is 258 g/mol. The van der Waals surface area contributed by atoms with Gasteiger partial charge in [-0.05, 0) is 23.8 Å². The average Bonchev–Trinajstić information content (AvgIpc) is 2.46. The highest BCUT2D eigenvalue weighted by Crippen LogP contribution is 2.38. The van der Waals surface area contributed by atoms with Crippen LogP contribution in [0, 0.1) is 0 Å². The van der Waals surface area contributed by atoms with E-state index in [0.29, 0.717) is 23.7 Å². The summed E-state index contributed by atoms with van der Waals surface area (Å²) < 4.78 is 15.9. The molecule has 106 valence electrons. The second-order valence-corrected chi connectivity index (χ2v) is 4.12. The summed E-state index contributed by atoms with van der Waals surface area (Å²) in [5, 5.41) is 0. The van der Waals surface area contributed by atoms with Crippen LogP contribution in [0.3, 0.4) is 0 Å². The number of aromatic nitrogens is 2. The van der Waals surface area contributed by atoms with Crippen LogP contribution in [-0.4, -0.2) is 31.3 Å². The van der Waals surface area contributed by atoms with Crippen LogP contribution in [0.5, 0.6) is 17.2 Å². The first-order valence-corrected chi connectivity index (χ1v) is 6.04. The fourth-order valence-electron chi connectivity index (χ4n) is 1.96. The third kappa shape index (κ3) is 2.90. The van der Waals surface area contributed by atoms with Gasteiger partial charge in [-0.1, -0.05) is 0 Å². The highest BCUT2D eigenvalue weighted by molar-refractivity contribution is 5.54. The Labute approximate surface area is 117 Å². The van der Waals surface area contributed by atoms with Crippen LogP contribution in [0.2, 0.25) is 0 Å². The molecule has 2 rings (SSSR count).